The third-order valence-electron chi connectivity index (χ3n) is 3.17. The van der Waals surface area contributed by atoms with Crippen molar-refractivity contribution in [3.8, 4) is 0 Å². The molecule has 1 aliphatic heterocycles. The number of rotatable bonds is 2. The maximum Gasteiger partial charge on any atom is 0.335 e. The second-order valence-corrected chi connectivity index (χ2v) is 5.46. The van der Waals surface area contributed by atoms with E-state index in [-0.39, 0.29) is 11.3 Å². The van der Waals surface area contributed by atoms with Crippen molar-refractivity contribution in [1.82, 2.24) is 4.90 Å². The summed E-state index contributed by atoms with van der Waals surface area (Å²) in [6.07, 6.45) is 0. The number of hydrogen-bond donors (Lipinski definition) is 2. The van der Waals surface area contributed by atoms with Crippen molar-refractivity contribution in [3.63, 3.8) is 0 Å². The van der Waals surface area contributed by atoms with Crippen LogP contribution in [0.4, 0.5) is 14.9 Å². The van der Waals surface area contributed by atoms with E-state index in [1.807, 2.05) is 13.8 Å². The molecule has 1 saturated heterocycles. The fourth-order valence-electron chi connectivity index (χ4n) is 2.14. The van der Waals surface area contributed by atoms with E-state index in [0.29, 0.717) is 19.7 Å². The molecule has 0 aliphatic carbocycles. The Labute approximate surface area is 121 Å². The number of carboxylic acids is 1. The quantitative estimate of drug-likeness (QED) is 0.876. The lowest BCUT2D eigenvalue weighted by atomic mass is 10.1. The van der Waals surface area contributed by atoms with Crippen molar-refractivity contribution in [2.75, 3.05) is 25.0 Å². The highest BCUT2D eigenvalue weighted by atomic mass is 19.1. The number of nitrogens with zero attached hydrogens (tertiary/aromatic N) is 1. The van der Waals surface area contributed by atoms with E-state index < -0.39 is 23.4 Å². The van der Waals surface area contributed by atoms with Crippen LogP contribution in [0.5, 0.6) is 0 Å². The van der Waals surface area contributed by atoms with Gasteiger partial charge in [-0.15, -0.1) is 0 Å². The molecule has 7 heteroatoms. The average Bonchev–Trinajstić information content (AvgIpc) is 2.39. The van der Waals surface area contributed by atoms with Gasteiger partial charge in [0.15, 0.2) is 0 Å². The standard InChI is InChI=1S/C14H17FN2O4/c1-14(2)8-17(5-6-21-14)13(20)16-11-7-9(12(18)19)3-4-10(11)15/h3-4,7H,5-6,8H2,1-2H3,(H,16,20)(H,18,19). The average molecular weight is 296 g/mol. The Morgan fingerprint density at radius 1 is 1.43 bits per heavy atom. The van der Waals surface area contributed by atoms with Gasteiger partial charge in [-0.2, -0.15) is 0 Å². The van der Waals surface area contributed by atoms with E-state index in [4.69, 9.17) is 9.84 Å². The number of carbonyl (C=O) groups excluding carboxylic acids is 1. The molecular weight excluding hydrogens is 279 g/mol. The van der Waals surface area contributed by atoms with Gasteiger partial charge in [-0.25, -0.2) is 14.0 Å². The number of carbonyl (C=O) groups is 2. The van der Waals surface area contributed by atoms with E-state index >= 15 is 0 Å². The molecule has 0 atom stereocenters. The van der Waals surface area contributed by atoms with E-state index in [9.17, 15) is 14.0 Å². The molecule has 0 radical (unpaired) electrons. The molecule has 0 bridgehead atoms. The fraction of sp³-hybridized carbons (Fsp3) is 0.429. The lowest BCUT2D eigenvalue weighted by molar-refractivity contribution is -0.0720. The number of benzene rings is 1. The highest BCUT2D eigenvalue weighted by molar-refractivity contribution is 5.93. The minimum absolute atomic E-state index is 0.0889. The summed E-state index contributed by atoms with van der Waals surface area (Å²) in [6, 6.07) is 2.78. The lowest BCUT2D eigenvalue weighted by Gasteiger charge is -2.38. The van der Waals surface area contributed by atoms with Crippen LogP contribution < -0.4 is 5.32 Å². The molecule has 6 nitrogen and oxygen atoms in total. The van der Waals surface area contributed by atoms with E-state index in [1.54, 1.807) is 0 Å². The van der Waals surface area contributed by atoms with E-state index in [2.05, 4.69) is 5.32 Å². The van der Waals surface area contributed by atoms with Gasteiger partial charge >= 0.3 is 12.0 Å². The highest BCUT2D eigenvalue weighted by Gasteiger charge is 2.30. The van der Waals surface area contributed by atoms with Gasteiger partial charge in [0, 0.05) is 6.54 Å². The topological polar surface area (TPSA) is 78.9 Å². The molecule has 0 unspecified atom stereocenters. The van der Waals surface area contributed by atoms with Crippen LogP contribution in [0, 0.1) is 5.82 Å². The number of hydrogen-bond acceptors (Lipinski definition) is 3. The summed E-state index contributed by atoms with van der Waals surface area (Å²) < 4.78 is 19.2. The van der Waals surface area contributed by atoms with Crippen LogP contribution in [-0.4, -0.2) is 47.3 Å². The molecule has 21 heavy (non-hydrogen) atoms. The van der Waals surface area contributed by atoms with Crippen molar-refractivity contribution in [1.29, 1.82) is 0 Å². The summed E-state index contributed by atoms with van der Waals surface area (Å²) in [6.45, 7) is 4.89. The summed E-state index contributed by atoms with van der Waals surface area (Å²) >= 11 is 0. The summed E-state index contributed by atoms with van der Waals surface area (Å²) in [5, 5.41) is 11.3. The molecule has 1 aromatic rings. The maximum absolute atomic E-state index is 13.7. The summed E-state index contributed by atoms with van der Waals surface area (Å²) in [5.74, 6) is -1.86. The molecule has 0 aromatic heterocycles. The van der Waals surface area contributed by atoms with Gasteiger partial charge in [-0.3, -0.25) is 0 Å². The van der Waals surface area contributed by atoms with Crippen LogP contribution in [0.25, 0.3) is 0 Å². The Balaban J connectivity index is 2.12. The minimum atomic E-state index is -1.18. The summed E-state index contributed by atoms with van der Waals surface area (Å²) in [4.78, 5) is 24.5. The molecule has 1 aliphatic rings. The molecule has 1 heterocycles. The third-order valence-corrected chi connectivity index (χ3v) is 3.17. The number of carboxylic acid groups (broad SMARTS) is 1. The summed E-state index contributed by atoms with van der Waals surface area (Å²) in [5.41, 5.74) is -0.699. The number of ether oxygens (including phenoxy) is 1. The Bertz CT molecular complexity index is 574. The van der Waals surface area contributed by atoms with Crippen LogP contribution in [-0.2, 0) is 4.74 Å². The SMILES string of the molecule is CC1(C)CN(C(=O)Nc2cc(C(=O)O)ccc2F)CCO1. The zero-order chi connectivity index (χ0) is 15.6. The van der Waals surface area contributed by atoms with Gasteiger partial charge < -0.3 is 20.1 Å². The minimum Gasteiger partial charge on any atom is -0.478 e. The number of aromatic carboxylic acids is 1. The van der Waals surface area contributed by atoms with E-state index in [0.717, 1.165) is 18.2 Å². The molecule has 1 aromatic carbocycles. The second kappa shape index (κ2) is 5.69. The van der Waals surface area contributed by atoms with Gasteiger partial charge in [0.1, 0.15) is 5.82 Å². The number of anilines is 1. The fourth-order valence-corrected chi connectivity index (χ4v) is 2.14. The normalized spacial score (nSPS) is 17.4. The second-order valence-electron chi connectivity index (χ2n) is 5.46. The van der Waals surface area contributed by atoms with Crippen molar-refractivity contribution in [2.24, 2.45) is 0 Å². The van der Waals surface area contributed by atoms with Crippen molar-refractivity contribution in [2.45, 2.75) is 19.4 Å². The van der Waals surface area contributed by atoms with Crippen molar-refractivity contribution < 1.29 is 23.8 Å². The first-order chi connectivity index (χ1) is 9.78. The Morgan fingerprint density at radius 3 is 2.76 bits per heavy atom. The van der Waals surface area contributed by atoms with Crippen molar-refractivity contribution in [3.05, 3.63) is 29.6 Å². The van der Waals surface area contributed by atoms with Crippen LogP contribution in [0.15, 0.2) is 18.2 Å². The Hall–Kier alpha value is -2.15. The molecule has 0 spiro atoms. The molecule has 1 fully saturated rings. The Morgan fingerprint density at radius 2 is 2.14 bits per heavy atom. The predicted octanol–water partition coefficient (Wildman–Crippen LogP) is 2.17. The van der Waals surface area contributed by atoms with Crippen molar-refractivity contribution >= 4 is 17.7 Å². The molecule has 2 amide bonds. The van der Waals surface area contributed by atoms with Gasteiger partial charge in [0.05, 0.1) is 30.0 Å². The number of morpholine rings is 1. The number of amides is 2. The monoisotopic (exact) mass is 296 g/mol. The van der Waals surface area contributed by atoms with Crippen LogP contribution in [0.2, 0.25) is 0 Å². The molecular formula is C14H17FN2O4. The smallest absolute Gasteiger partial charge is 0.335 e. The lowest BCUT2D eigenvalue weighted by Crippen LogP contribution is -2.51. The summed E-state index contributed by atoms with van der Waals surface area (Å²) in [7, 11) is 0. The van der Waals surface area contributed by atoms with Crippen LogP contribution in [0.1, 0.15) is 24.2 Å². The predicted molar refractivity (Wildman–Crippen MR) is 74.0 cm³/mol. The van der Waals surface area contributed by atoms with Crippen LogP contribution in [0.3, 0.4) is 0 Å². The third kappa shape index (κ3) is 3.69. The van der Waals surface area contributed by atoms with Crippen LogP contribution >= 0.6 is 0 Å². The largest absolute Gasteiger partial charge is 0.478 e. The maximum atomic E-state index is 13.7. The first-order valence-corrected chi connectivity index (χ1v) is 6.51. The molecule has 0 saturated carbocycles. The highest BCUT2D eigenvalue weighted by Crippen LogP contribution is 2.20. The van der Waals surface area contributed by atoms with Gasteiger partial charge in [-0.05, 0) is 32.0 Å². The molecule has 114 valence electrons. The number of urea groups is 1. The first-order valence-electron chi connectivity index (χ1n) is 6.51. The van der Waals surface area contributed by atoms with E-state index in [1.165, 1.54) is 4.90 Å². The first kappa shape index (κ1) is 15.2. The number of nitrogens with one attached hydrogen (secondary N) is 1. The van der Waals surface area contributed by atoms with Gasteiger partial charge in [-0.1, -0.05) is 0 Å². The van der Waals surface area contributed by atoms with Gasteiger partial charge in [0.2, 0.25) is 0 Å². The molecule has 2 rings (SSSR count). The Kier molecular flexibility index (Phi) is 4.13. The number of halogens is 1. The van der Waals surface area contributed by atoms with Gasteiger partial charge in [0.25, 0.3) is 0 Å². The molecule has 2 N–H and O–H groups in total. The zero-order valence-electron chi connectivity index (χ0n) is 11.9. The zero-order valence-corrected chi connectivity index (χ0v) is 11.9.